The molecule has 1 aliphatic heterocycles. The summed E-state index contributed by atoms with van der Waals surface area (Å²) in [6.45, 7) is 0.297. The first-order chi connectivity index (χ1) is 13.9. The van der Waals surface area contributed by atoms with Crippen molar-refractivity contribution in [3.63, 3.8) is 0 Å². The lowest BCUT2D eigenvalue weighted by Gasteiger charge is -2.36. The van der Waals surface area contributed by atoms with Gasteiger partial charge in [0, 0.05) is 13.1 Å². The Labute approximate surface area is 166 Å². The van der Waals surface area contributed by atoms with Crippen molar-refractivity contribution in [2.45, 2.75) is 10.8 Å². The van der Waals surface area contributed by atoms with Crippen LogP contribution in [-0.2, 0) is 10.0 Å². The quantitative estimate of drug-likeness (QED) is 0.606. The van der Waals surface area contributed by atoms with Crippen LogP contribution >= 0.6 is 0 Å². The van der Waals surface area contributed by atoms with Crippen molar-refractivity contribution in [3.8, 4) is 22.9 Å². The molecule has 29 heavy (non-hydrogen) atoms. The summed E-state index contributed by atoms with van der Waals surface area (Å²) >= 11 is 0. The van der Waals surface area contributed by atoms with E-state index in [-0.39, 0.29) is 29.7 Å². The molecule has 0 bridgehead atoms. The Kier molecular flexibility index (Phi) is 4.97. The first kappa shape index (κ1) is 19.3. The van der Waals surface area contributed by atoms with Crippen molar-refractivity contribution in [2.75, 3.05) is 27.3 Å². The Balaban J connectivity index is 1.52. The molecule has 0 saturated carbocycles. The summed E-state index contributed by atoms with van der Waals surface area (Å²) in [5.74, 6) is 0.496. The zero-order chi connectivity index (χ0) is 20.6. The molecule has 0 N–H and O–H groups in total. The number of sulfonamides is 1. The average molecular weight is 419 g/mol. The third-order valence-electron chi connectivity index (χ3n) is 4.73. The topological polar surface area (TPSA) is 94.8 Å². The summed E-state index contributed by atoms with van der Waals surface area (Å²) in [4.78, 5) is 4.17. The number of nitrogens with zero attached hydrogens (tertiary/aromatic N) is 3. The molecule has 8 nitrogen and oxygen atoms in total. The van der Waals surface area contributed by atoms with E-state index in [1.807, 2.05) is 12.1 Å². The molecule has 0 amide bonds. The van der Waals surface area contributed by atoms with E-state index in [2.05, 4.69) is 10.1 Å². The minimum Gasteiger partial charge on any atom is -0.496 e. The molecule has 0 spiro atoms. The number of para-hydroxylation sites is 1. The van der Waals surface area contributed by atoms with Crippen LogP contribution in [0.25, 0.3) is 11.4 Å². The Hall–Kier alpha value is -2.98. The van der Waals surface area contributed by atoms with Gasteiger partial charge in [-0.15, -0.1) is 0 Å². The lowest BCUT2D eigenvalue weighted by atomic mass is 10.0. The van der Waals surface area contributed by atoms with Crippen LogP contribution in [-0.4, -0.2) is 50.2 Å². The fourth-order valence-electron chi connectivity index (χ4n) is 3.12. The minimum absolute atomic E-state index is 0.0890. The summed E-state index contributed by atoms with van der Waals surface area (Å²) in [5.41, 5.74) is 0.679. The number of halogens is 1. The normalized spacial score (nSPS) is 15.1. The van der Waals surface area contributed by atoms with Crippen molar-refractivity contribution in [3.05, 3.63) is 54.2 Å². The molecule has 0 aliphatic carbocycles. The van der Waals surface area contributed by atoms with Gasteiger partial charge in [0.25, 0.3) is 0 Å². The number of aromatic nitrogens is 2. The number of methoxy groups -OCH3 is 2. The number of rotatable bonds is 6. The van der Waals surface area contributed by atoms with E-state index in [9.17, 15) is 12.8 Å². The smallest absolute Gasteiger partial charge is 0.246 e. The second kappa shape index (κ2) is 7.45. The molecular weight excluding hydrogens is 401 g/mol. The molecule has 10 heteroatoms. The van der Waals surface area contributed by atoms with Crippen molar-refractivity contribution in [1.29, 1.82) is 0 Å². The van der Waals surface area contributed by atoms with Crippen molar-refractivity contribution >= 4 is 10.0 Å². The molecule has 1 aliphatic rings. The largest absolute Gasteiger partial charge is 0.496 e. The van der Waals surface area contributed by atoms with Gasteiger partial charge in [0.1, 0.15) is 22.2 Å². The average Bonchev–Trinajstić information content (AvgIpc) is 3.16. The van der Waals surface area contributed by atoms with Crippen LogP contribution in [0.15, 0.2) is 51.9 Å². The van der Waals surface area contributed by atoms with Crippen LogP contribution in [0.4, 0.5) is 4.39 Å². The van der Waals surface area contributed by atoms with Gasteiger partial charge in [-0.25, -0.2) is 12.8 Å². The Morgan fingerprint density at radius 3 is 2.55 bits per heavy atom. The SMILES string of the molecule is COc1ccccc1-c1noc(C2CN(S(=O)(=O)c3cc(F)ccc3OC)C2)n1. The van der Waals surface area contributed by atoms with Crippen LogP contribution in [0.2, 0.25) is 0 Å². The predicted molar refractivity (Wildman–Crippen MR) is 101 cm³/mol. The molecule has 1 aromatic heterocycles. The van der Waals surface area contributed by atoms with E-state index in [1.54, 1.807) is 19.2 Å². The van der Waals surface area contributed by atoms with Gasteiger partial charge in [-0.05, 0) is 30.3 Å². The zero-order valence-corrected chi connectivity index (χ0v) is 16.5. The van der Waals surface area contributed by atoms with E-state index in [0.29, 0.717) is 23.0 Å². The lowest BCUT2D eigenvalue weighted by Crippen LogP contribution is -2.48. The van der Waals surface area contributed by atoms with Crippen molar-refractivity contribution < 1.29 is 26.8 Å². The molecule has 0 unspecified atom stereocenters. The summed E-state index contributed by atoms with van der Waals surface area (Å²) in [6.07, 6.45) is 0. The van der Waals surface area contributed by atoms with Gasteiger partial charge in [0.2, 0.25) is 21.7 Å². The van der Waals surface area contributed by atoms with Gasteiger partial charge < -0.3 is 14.0 Å². The van der Waals surface area contributed by atoms with Gasteiger partial charge in [-0.2, -0.15) is 9.29 Å². The number of hydrogen-bond donors (Lipinski definition) is 0. The van der Waals surface area contributed by atoms with Crippen LogP contribution in [0.3, 0.4) is 0 Å². The molecule has 4 rings (SSSR count). The lowest BCUT2D eigenvalue weighted by molar-refractivity contribution is 0.216. The summed E-state index contributed by atoms with van der Waals surface area (Å²) in [7, 11) is -1.02. The van der Waals surface area contributed by atoms with E-state index >= 15 is 0 Å². The Bertz CT molecular complexity index is 1140. The van der Waals surface area contributed by atoms with E-state index in [1.165, 1.54) is 17.5 Å². The van der Waals surface area contributed by atoms with Gasteiger partial charge in [-0.1, -0.05) is 17.3 Å². The Morgan fingerprint density at radius 2 is 1.83 bits per heavy atom. The van der Waals surface area contributed by atoms with Crippen molar-refractivity contribution in [1.82, 2.24) is 14.4 Å². The number of benzene rings is 2. The monoisotopic (exact) mass is 419 g/mol. The van der Waals surface area contributed by atoms with Crippen LogP contribution in [0, 0.1) is 5.82 Å². The molecule has 2 heterocycles. The molecule has 0 radical (unpaired) electrons. The fraction of sp³-hybridized carbons (Fsp3) is 0.263. The molecule has 2 aromatic carbocycles. The summed E-state index contributed by atoms with van der Waals surface area (Å²) < 4.78 is 56.2. The minimum atomic E-state index is -3.91. The first-order valence-electron chi connectivity index (χ1n) is 8.74. The highest BCUT2D eigenvalue weighted by atomic mass is 32.2. The third-order valence-corrected chi connectivity index (χ3v) is 6.58. The van der Waals surface area contributed by atoms with E-state index in [4.69, 9.17) is 14.0 Å². The maximum Gasteiger partial charge on any atom is 0.246 e. The second-order valence-electron chi connectivity index (χ2n) is 6.47. The second-order valence-corrected chi connectivity index (χ2v) is 8.38. The molecule has 152 valence electrons. The van der Waals surface area contributed by atoms with Gasteiger partial charge in [-0.3, -0.25) is 0 Å². The molecular formula is C19H18FN3O5S. The molecule has 0 atom stereocenters. The van der Waals surface area contributed by atoms with Crippen molar-refractivity contribution in [2.24, 2.45) is 0 Å². The van der Waals surface area contributed by atoms with Crippen LogP contribution < -0.4 is 9.47 Å². The number of ether oxygens (including phenoxy) is 2. The summed E-state index contributed by atoms with van der Waals surface area (Å²) in [6, 6.07) is 10.6. The standard InChI is InChI=1S/C19H18FN3O5S/c1-26-15-6-4-3-5-14(15)18-21-19(28-22-18)12-10-23(11-12)29(24,25)17-9-13(20)7-8-16(17)27-2/h3-9,12H,10-11H2,1-2H3. The van der Waals surface area contributed by atoms with Crippen LogP contribution in [0.1, 0.15) is 11.8 Å². The number of hydrogen-bond acceptors (Lipinski definition) is 7. The first-order valence-corrected chi connectivity index (χ1v) is 10.2. The van der Waals surface area contributed by atoms with Gasteiger partial charge >= 0.3 is 0 Å². The zero-order valence-electron chi connectivity index (χ0n) is 15.7. The van der Waals surface area contributed by atoms with E-state index < -0.39 is 15.8 Å². The van der Waals surface area contributed by atoms with Crippen LogP contribution in [0.5, 0.6) is 11.5 Å². The van der Waals surface area contributed by atoms with Gasteiger partial charge in [0.15, 0.2) is 0 Å². The fourth-order valence-corrected chi connectivity index (χ4v) is 4.82. The highest BCUT2D eigenvalue weighted by molar-refractivity contribution is 7.89. The summed E-state index contributed by atoms with van der Waals surface area (Å²) in [5, 5.41) is 3.98. The highest BCUT2D eigenvalue weighted by Crippen LogP contribution is 2.36. The van der Waals surface area contributed by atoms with Gasteiger partial charge in [0.05, 0.1) is 25.7 Å². The highest BCUT2D eigenvalue weighted by Gasteiger charge is 2.41. The maximum absolute atomic E-state index is 13.6. The predicted octanol–water partition coefficient (Wildman–Crippen LogP) is 2.68. The molecule has 3 aromatic rings. The maximum atomic E-state index is 13.6. The molecule has 1 saturated heterocycles. The third kappa shape index (κ3) is 3.45. The Morgan fingerprint density at radius 1 is 1.10 bits per heavy atom. The van der Waals surface area contributed by atoms with E-state index in [0.717, 1.165) is 12.1 Å². The molecule has 1 fully saturated rings.